The molecule has 1 atom stereocenters. The first kappa shape index (κ1) is 10.5. The van der Waals surface area contributed by atoms with Gasteiger partial charge in [0.15, 0.2) is 0 Å². The zero-order valence-electron chi connectivity index (χ0n) is 5.85. The molecule has 0 amide bonds. The van der Waals surface area contributed by atoms with E-state index >= 15 is 0 Å². The monoisotopic (exact) mass is 192 g/mol. The van der Waals surface area contributed by atoms with Crippen LogP contribution in [0.1, 0.15) is 0 Å². The number of aliphatic hydroxyl groups excluding tert-OH is 1. The van der Waals surface area contributed by atoms with Gasteiger partial charge in [-0.05, 0) is 22.7 Å². The van der Waals surface area contributed by atoms with Crippen molar-refractivity contribution in [3.8, 4) is 0 Å². The second-order valence-electron chi connectivity index (χ2n) is 1.46. The van der Waals surface area contributed by atoms with Gasteiger partial charge >= 0.3 is 5.97 Å². The zero-order valence-corrected chi connectivity index (χ0v) is 7.48. The first-order valence-corrected chi connectivity index (χ1v) is 4.90. The van der Waals surface area contributed by atoms with Crippen LogP contribution in [0.5, 0.6) is 0 Å². The summed E-state index contributed by atoms with van der Waals surface area (Å²) < 4.78 is 0. The minimum Gasteiger partial charge on any atom is -0.477 e. The van der Waals surface area contributed by atoms with E-state index in [4.69, 9.17) is 21.4 Å². The van der Waals surface area contributed by atoms with Gasteiger partial charge in [0, 0.05) is 7.11 Å². The fraction of sp³-hybridized carbons (Fsp3) is 0.167. The van der Waals surface area contributed by atoms with E-state index in [1.807, 2.05) is 0 Å². The molecule has 1 rings (SSSR count). The number of carbonyl (C=O) groups is 1. The number of hydrogen-bond donors (Lipinski definition) is 2. The van der Waals surface area contributed by atoms with Crippen molar-refractivity contribution >= 4 is 26.6 Å². The van der Waals surface area contributed by atoms with Crippen molar-refractivity contribution in [1.82, 2.24) is 0 Å². The summed E-state index contributed by atoms with van der Waals surface area (Å²) in [7, 11) is 0.424. The number of rotatable bonds is 1. The van der Waals surface area contributed by atoms with Crippen LogP contribution < -0.4 is 0 Å². The molecule has 1 unspecified atom stereocenters. The van der Waals surface area contributed by atoms with Crippen molar-refractivity contribution in [2.45, 2.75) is 0 Å². The first-order chi connectivity index (χ1) is 5.22. The van der Waals surface area contributed by atoms with Gasteiger partial charge in [0.05, 0.1) is 0 Å². The second kappa shape index (κ2) is 5.17. The zero-order chi connectivity index (χ0) is 8.85. The molecular weight excluding hydrogens is 184 g/mol. The molecule has 0 bridgehead atoms. The molecule has 0 aromatic rings. The van der Waals surface area contributed by atoms with Crippen molar-refractivity contribution in [2.24, 2.45) is 0 Å². The molecule has 0 fully saturated rings. The Balaban J connectivity index is 0.000000461. The summed E-state index contributed by atoms with van der Waals surface area (Å²) in [6.07, 6.45) is 3.22. The van der Waals surface area contributed by atoms with Crippen LogP contribution in [-0.4, -0.2) is 23.3 Å². The van der Waals surface area contributed by atoms with Crippen LogP contribution in [0.15, 0.2) is 22.5 Å². The minimum atomic E-state index is -0.904. The van der Waals surface area contributed by atoms with Gasteiger partial charge in [-0.25, -0.2) is 4.79 Å². The van der Waals surface area contributed by atoms with Crippen molar-refractivity contribution < 1.29 is 15.0 Å². The maximum atomic E-state index is 10.2. The SMILES string of the molecule is CO.O=C(O)C1=CC=CS1=S. The molecule has 62 valence electrons. The molecule has 0 aromatic carbocycles. The average molecular weight is 192 g/mol. The Morgan fingerprint density at radius 1 is 1.64 bits per heavy atom. The third kappa shape index (κ3) is 2.92. The minimum absolute atomic E-state index is 0.324. The molecule has 1 heterocycles. The van der Waals surface area contributed by atoms with Crippen molar-refractivity contribution in [3.63, 3.8) is 0 Å². The molecule has 0 aliphatic carbocycles. The van der Waals surface area contributed by atoms with Gasteiger partial charge in [-0.15, -0.1) is 0 Å². The Kier molecular flexibility index (Phi) is 4.93. The lowest BCUT2D eigenvalue weighted by molar-refractivity contribution is -0.131. The van der Waals surface area contributed by atoms with Crippen LogP contribution in [0.3, 0.4) is 0 Å². The average Bonchev–Trinajstić information content (AvgIpc) is 2.39. The van der Waals surface area contributed by atoms with E-state index in [2.05, 4.69) is 0 Å². The summed E-state index contributed by atoms with van der Waals surface area (Å²) in [4.78, 5) is 10.6. The summed E-state index contributed by atoms with van der Waals surface area (Å²) in [5.74, 6) is -0.904. The number of aliphatic carboxylic acids is 1. The summed E-state index contributed by atoms with van der Waals surface area (Å²) in [6.45, 7) is 0. The number of hydrogen-bond acceptors (Lipinski definition) is 3. The smallest absolute Gasteiger partial charge is 0.342 e. The lowest BCUT2D eigenvalue weighted by Crippen LogP contribution is -2.00. The van der Waals surface area contributed by atoms with Crippen LogP contribution in [0.2, 0.25) is 0 Å². The van der Waals surface area contributed by atoms with Gasteiger partial charge in [-0.3, -0.25) is 0 Å². The van der Waals surface area contributed by atoms with E-state index in [9.17, 15) is 4.79 Å². The predicted octanol–water partition coefficient (Wildman–Crippen LogP) is 0.171. The van der Waals surface area contributed by atoms with Crippen LogP contribution in [0.25, 0.3) is 0 Å². The van der Waals surface area contributed by atoms with Gasteiger partial charge < -0.3 is 10.2 Å². The van der Waals surface area contributed by atoms with E-state index in [1.54, 1.807) is 17.6 Å². The topological polar surface area (TPSA) is 57.5 Å². The third-order valence-electron chi connectivity index (χ3n) is 0.877. The second-order valence-corrected chi connectivity index (χ2v) is 3.85. The predicted molar refractivity (Wildman–Crippen MR) is 47.7 cm³/mol. The highest BCUT2D eigenvalue weighted by Gasteiger charge is 2.11. The molecule has 5 heteroatoms. The standard InChI is InChI=1S/C5H4O2S2.CH4O/c6-5(7)4-2-1-3-9(4)8;1-2/h1-3H,(H,6,7);2H,1H3. The van der Waals surface area contributed by atoms with Crippen molar-refractivity contribution in [1.29, 1.82) is 0 Å². The third-order valence-corrected chi connectivity index (χ3v) is 2.90. The maximum Gasteiger partial charge on any atom is 0.342 e. The van der Waals surface area contributed by atoms with Crippen molar-refractivity contribution in [3.05, 3.63) is 22.5 Å². The molecule has 0 radical (unpaired) electrons. The normalized spacial score (nSPS) is 20.2. The highest BCUT2D eigenvalue weighted by molar-refractivity contribution is 8.33. The Labute approximate surface area is 71.6 Å². The molecule has 1 aliphatic heterocycles. The summed E-state index contributed by atoms with van der Waals surface area (Å²) >= 11 is 4.79. The van der Waals surface area contributed by atoms with Crippen LogP contribution in [0.4, 0.5) is 0 Å². The largest absolute Gasteiger partial charge is 0.477 e. The number of carboxylic acids is 1. The first-order valence-electron chi connectivity index (χ1n) is 2.69. The van der Waals surface area contributed by atoms with Crippen LogP contribution in [0, 0.1) is 0 Å². The van der Waals surface area contributed by atoms with Gasteiger partial charge in [-0.1, -0.05) is 15.5 Å². The fourth-order valence-electron chi connectivity index (χ4n) is 0.496. The molecule has 1 aliphatic rings. The maximum absolute atomic E-state index is 10.2. The van der Waals surface area contributed by atoms with Crippen LogP contribution >= 0.6 is 0 Å². The highest BCUT2D eigenvalue weighted by atomic mass is 32.8. The molecule has 0 saturated carbocycles. The summed E-state index contributed by atoms with van der Waals surface area (Å²) in [5.41, 5.74) is 0. The number of carboxylic acid groups (broad SMARTS) is 1. The molecule has 11 heavy (non-hydrogen) atoms. The Morgan fingerprint density at radius 3 is 2.36 bits per heavy atom. The lowest BCUT2D eigenvalue weighted by atomic mass is 10.5. The molecule has 0 saturated heterocycles. The molecule has 0 aromatic heterocycles. The van der Waals surface area contributed by atoms with Gasteiger partial charge in [0.25, 0.3) is 0 Å². The van der Waals surface area contributed by atoms with Gasteiger partial charge in [0.2, 0.25) is 0 Å². The Bertz CT molecular complexity index is 230. The van der Waals surface area contributed by atoms with Gasteiger partial charge in [-0.2, -0.15) is 0 Å². The Morgan fingerprint density at radius 2 is 2.18 bits per heavy atom. The summed E-state index contributed by atoms with van der Waals surface area (Å²) in [5, 5.41) is 17.1. The molecular formula is C6H8O3S2. The van der Waals surface area contributed by atoms with E-state index in [1.165, 1.54) is 0 Å². The van der Waals surface area contributed by atoms with Crippen molar-refractivity contribution in [2.75, 3.05) is 7.11 Å². The highest BCUT2D eigenvalue weighted by Crippen LogP contribution is 2.10. The number of allylic oxidation sites excluding steroid dienone is 2. The quantitative estimate of drug-likeness (QED) is 0.622. The molecule has 2 N–H and O–H groups in total. The van der Waals surface area contributed by atoms with E-state index in [0.717, 1.165) is 7.11 Å². The van der Waals surface area contributed by atoms with E-state index in [-0.39, 0.29) is 0 Å². The Hall–Kier alpha value is -0.520. The fourth-order valence-corrected chi connectivity index (χ4v) is 1.82. The van der Waals surface area contributed by atoms with E-state index < -0.39 is 15.4 Å². The molecule has 0 spiro atoms. The summed E-state index contributed by atoms with van der Waals surface area (Å²) in [6, 6.07) is 0. The lowest BCUT2D eigenvalue weighted by Gasteiger charge is -1.91. The van der Waals surface area contributed by atoms with E-state index in [0.29, 0.717) is 4.91 Å². The molecule has 3 nitrogen and oxygen atoms in total. The van der Waals surface area contributed by atoms with Crippen LogP contribution in [-0.2, 0) is 25.4 Å². The number of aliphatic hydroxyl groups is 1. The van der Waals surface area contributed by atoms with Gasteiger partial charge in [0.1, 0.15) is 4.91 Å².